The highest BCUT2D eigenvalue weighted by molar-refractivity contribution is 6.10. The molecule has 0 bridgehead atoms. The molecule has 1 heterocycles. The molecule has 1 aliphatic rings. The number of carbonyl (C=O) groups is 2. The maximum atomic E-state index is 12.8. The third kappa shape index (κ3) is 6.65. The first-order valence-corrected chi connectivity index (χ1v) is 10.6. The van der Waals surface area contributed by atoms with E-state index in [4.69, 9.17) is 4.74 Å². The fourth-order valence-corrected chi connectivity index (χ4v) is 3.29. The summed E-state index contributed by atoms with van der Waals surface area (Å²) >= 11 is 0. The highest BCUT2D eigenvalue weighted by Crippen LogP contribution is 2.18. The highest BCUT2D eigenvalue weighted by atomic mass is 16.5. The first kappa shape index (κ1) is 22.5. The average Bonchev–Trinajstić information content (AvgIpc) is 3.27. The molecule has 0 radical (unpaired) electrons. The number of hydrogen-bond acceptors (Lipinski definition) is 4. The second-order valence-electron chi connectivity index (χ2n) is 7.76. The van der Waals surface area contributed by atoms with Crippen LogP contribution in [0.25, 0.3) is 0 Å². The number of nitrogens with one attached hydrogen (secondary N) is 3. The van der Waals surface area contributed by atoms with E-state index in [-0.39, 0.29) is 17.9 Å². The minimum atomic E-state index is -0.255. The molecule has 0 aromatic heterocycles. The van der Waals surface area contributed by atoms with Crippen molar-refractivity contribution < 1.29 is 14.3 Å². The number of hydrogen-bond donors (Lipinski definition) is 3. The Morgan fingerprint density at radius 2 is 1.90 bits per heavy atom. The summed E-state index contributed by atoms with van der Waals surface area (Å²) in [6.45, 7) is 7.23. The monoisotopic (exact) mass is 422 g/mol. The summed E-state index contributed by atoms with van der Waals surface area (Å²) in [5.74, 6) is 0.0536. The van der Waals surface area contributed by atoms with Crippen molar-refractivity contribution >= 4 is 23.5 Å². The maximum absolute atomic E-state index is 12.8. The topological polar surface area (TPSA) is 91.8 Å². The smallest absolute Gasteiger partial charge is 0.257 e. The van der Waals surface area contributed by atoms with Gasteiger partial charge in [0.15, 0.2) is 0 Å². The lowest BCUT2D eigenvalue weighted by Crippen LogP contribution is -2.37. The number of carbonyl (C=O) groups excluding carboxylic acids is 2. The van der Waals surface area contributed by atoms with E-state index in [1.807, 2.05) is 44.2 Å². The number of amides is 2. The van der Waals surface area contributed by atoms with Gasteiger partial charge in [0.1, 0.15) is 0 Å². The van der Waals surface area contributed by atoms with Gasteiger partial charge in [0.25, 0.3) is 5.91 Å². The molecule has 3 N–H and O–H groups in total. The van der Waals surface area contributed by atoms with E-state index in [9.17, 15) is 9.59 Å². The van der Waals surface area contributed by atoms with Crippen LogP contribution in [0.5, 0.6) is 0 Å². The molecule has 0 aliphatic carbocycles. The van der Waals surface area contributed by atoms with E-state index in [2.05, 4.69) is 20.9 Å². The van der Waals surface area contributed by atoms with Crippen LogP contribution >= 0.6 is 0 Å². The predicted octanol–water partition coefficient (Wildman–Crippen LogP) is 3.32. The third-order valence-corrected chi connectivity index (χ3v) is 5.32. The summed E-state index contributed by atoms with van der Waals surface area (Å²) in [6.07, 6.45) is 2.10. The van der Waals surface area contributed by atoms with Gasteiger partial charge in [-0.2, -0.15) is 0 Å². The summed E-state index contributed by atoms with van der Waals surface area (Å²) in [6, 6.07) is 13.1. The summed E-state index contributed by atoms with van der Waals surface area (Å²) < 4.78 is 5.66. The van der Waals surface area contributed by atoms with Crippen LogP contribution in [-0.2, 0) is 16.1 Å². The van der Waals surface area contributed by atoms with Gasteiger partial charge in [-0.15, -0.1) is 0 Å². The Morgan fingerprint density at radius 3 is 2.58 bits per heavy atom. The zero-order valence-electron chi connectivity index (χ0n) is 18.3. The highest BCUT2D eigenvalue weighted by Gasteiger charge is 2.16. The standard InChI is InChI=1S/C24H30N4O3/c1-16-6-4-8-22(17(16)2)27-24(26-15-21-7-5-13-31-21)28-23(30)20-11-9-19(10-12-20)14-25-18(3)29/h4,6,8-12,21H,5,7,13-15H2,1-3H3,(H,25,29)(H2,26,27,28,30). The molecule has 2 amide bonds. The Hall–Kier alpha value is -3.19. The summed E-state index contributed by atoms with van der Waals surface area (Å²) in [7, 11) is 0. The number of guanidine groups is 1. The van der Waals surface area contributed by atoms with E-state index in [0.717, 1.165) is 41.8 Å². The molecule has 3 rings (SSSR count). The Balaban J connectivity index is 1.72. The molecule has 1 fully saturated rings. The Bertz CT molecular complexity index is 948. The van der Waals surface area contributed by atoms with Crippen LogP contribution in [0, 0.1) is 13.8 Å². The average molecular weight is 423 g/mol. The Labute approximate surface area is 183 Å². The van der Waals surface area contributed by atoms with Crippen molar-refractivity contribution in [3.63, 3.8) is 0 Å². The first-order chi connectivity index (χ1) is 14.9. The van der Waals surface area contributed by atoms with E-state index in [1.54, 1.807) is 12.1 Å². The lowest BCUT2D eigenvalue weighted by Gasteiger charge is -2.16. The van der Waals surface area contributed by atoms with Gasteiger partial charge >= 0.3 is 0 Å². The molecule has 7 heteroatoms. The number of ether oxygens (including phenoxy) is 1. The van der Waals surface area contributed by atoms with Crippen LogP contribution in [0.4, 0.5) is 5.69 Å². The number of aryl methyl sites for hydroxylation is 1. The molecule has 1 aliphatic heterocycles. The number of benzene rings is 2. The van der Waals surface area contributed by atoms with Crippen molar-refractivity contribution in [2.75, 3.05) is 18.5 Å². The quantitative estimate of drug-likeness (QED) is 0.492. The van der Waals surface area contributed by atoms with Crippen molar-refractivity contribution in [3.05, 3.63) is 64.7 Å². The number of rotatable bonds is 6. The molecular weight excluding hydrogens is 392 g/mol. The summed E-state index contributed by atoms with van der Waals surface area (Å²) in [4.78, 5) is 28.5. The normalized spacial score (nSPS) is 16.1. The first-order valence-electron chi connectivity index (χ1n) is 10.6. The van der Waals surface area contributed by atoms with Crippen LogP contribution < -0.4 is 16.0 Å². The number of anilines is 1. The lowest BCUT2D eigenvalue weighted by molar-refractivity contribution is -0.119. The zero-order chi connectivity index (χ0) is 22.2. The van der Waals surface area contributed by atoms with Crippen molar-refractivity contribution in [2.45, 2.75) is 46.3 Å². The molecular formula is C24H30N4O3. The van der Waals surface area contributed by atoms with Gasteiger partial charge in [0.2, 0.25) is 11.9 Å². The van der Waals surface area contributed by atoms with Gasteiger partial charge in [0.05, 0.1) is 12.6 Å². The van der Waals surface area contributed by atoms with Gasteiger partial charge in [-0.3, -0.25) is 14.9 Å². The fraction of sp³-hybridized carbons (Fsp3) is 0.375. The largest absolute Gasteiger partial charge is 0.376 e. The van der Waals surface area contributed by atoms with E-state index >= 15 is 0 Å². The molecule has 2 aromatic rings. The minimum absolute atomic E-state index is 0.0837. The summed E-state index contributed by atoms with van der Waals surface area (Å²) in [5.41, 5.74) is 4.59. The second kappa shape index (κ2) is 10.7. The van der Waals surface area contributed by atoms with Crippen LogP contribution in [0.3, 0.4) is 0 Å². The van der Waals surface area contributed by atoms with Gasteiger partial charge in [-0.1, -0.05) is 24.3 Å². The maximum Gasteiger partial charge on any atom is 0.257 e. The van der Waals surface area contributed by atoms with Crippen LogP contribution in [-0.4, -0.2) is 37.0 Å². The van der Waals surface area contributed by atoms with Crippen molar-refractivity contribution in [1.29, 1.82) is 0 Å². The van der Waals surface area contributed by atoms with Crippen LogP contribution in [0.1, 0.15) is 46.8 Å². The molecule has 1 saturated heterocycles. The van der Waals surface area contributed by atoms with Crippen molar-refractivity contribution in [2.24, 2.45) is 4.99 Å². The minimum Gasteiger partial charge on any atom is -0.376 e. The van der Waals surface area contributed by atoms with Gasteiger partial charge in [-0.05, 0) is 61.6 Å². The molecule has 7 nitrogen and oxygen atoms in total. The molecule has 1 atom stereocenters. The van der Waals surface area contributed by atoms with E-state index in [1.165, 1.54) is 6.92 Å². The second-order valence-corrected chi connectivity index (χ2v) is 7.76. The van der Waals surface area contributed by atoms with Gasteiger partial charge < -0.3 is 15.4 Å². The van der Waals surface area contributed by atoms with E-state index < -0.39 is 0 Å². The van der Waals surface area contributed by atoms with Gasteiger partial charge in [-0.25, -0.2) is 4.99 Å². The van der Waals surface area contributed by atoms with Crippen LogP contribution in [0.2, 0.25) is 0 Å². The Kier molecular flexibility index (Phi) is 7.78. The third-order valence-electron chi connectivity index (χ3n) is 5.32. The number of aliphatic imine (C=N–C) groups is 1. The summed E-state index contributed by atoms with van der Waals surface area (Å²) in [5, 5.41) is 8.91. The van der Waals surface area contributed by atoms with Crippen LogP contribution in [0.15, 0.2) is 47.5 Å². The molecule has 2 aromatic carbocycles. The number of nitrogens with zero attached hydrogens (tertiary/aromatic N) is 1. The van der Waals surface area contributed by atoms with E-state index in [0.29, 0.717) is 24.6 Å². The fourth-order valence-electron chi connectivity index (χ4n) is 3.29. The zero-order valence-corrected chi connectivity index (χ0v) is 18.3. The molecule has 1 unspecified atom stereocenters. The SMILES string of the molecule is CC(=O)NCc1ccc(C(=O)NC(=NCC2CCCO2)Nc2cccc(C)c2C)cc1. The molecule has 164 valence electrons. The molecule has 0 spiro atoms. The van der Waals surface area contributed by atoms with Crippen molar-refractivity contribution in [3.8, 4) is 0 Å². The van der Waals surface area contributed by atoms with Crippen molar-refractivity contribution in [1.82, 2.24) is 10.6 Å². The lowest BCUT2D eigenvalue weighted by atomic mass is 10.1. The molecule has 0 saturated carbocycles. The molecule has 31 heavy (non-hydrogen) atoms. The predicted molar refractivity (Wildman–Crippen MR) is 122 cm³/mol. The van der Waals surface area contributed by atoms with Gasteiger partial charge in [0, 0.05) is 31.3 Å². The Morgan fingerprint density at radius 1 is 1.13 bits per heavy atom.